The van der Waals surface area contributed by atoms with E-state index >= 15 is 0 Å². The molecule has 4 rings (SSSR count). The van der Waals surface area contributed by atoms with Gasteiger partial charge in [-0.3, -0.25) is 19.9 Å². The Morgan fingerprint density at radius 1 is 1.16 bits per heavy atom. The van der Waals surface area contributed by atoms with Gasteiger partial charge in [-0.25, -0.2) is 13.9 Å². The summed E-state index contributed by atoms with van der Waals surface area (Å²) in [7, 11) is -3.73. The number of carbonyl (C=O) groups is 1. The average molecular weight is 540 g/mol. The zero-order valence-corrected chi connectivity index (χ0v) is 23.1. The lowest BCUT2D eigenvalue weighted by Gasteiger charge is -2.47. The number of likely N-dealkylation sites (tertiary alicyclic amines) is 1. The van der Waals surface area contributed by atoms with Crippen LogP contribution in [0, 0.1) is 12.8 Å². The molecule has 1 fully saturated rings. The van der Waals surface area contributed by atoms with E-state index in [-0.39, 0.29) is 17.1 Å². The summed E-state index contributed by atoms with van der Waals surface area (Å²) in [5.74, 6) is 0.113. The number of fused-ring (bicyclic) bond motifs is 1. The van der Waals surface area contributed by atoms with Gasteiger partial charge in [-0.2, -0.15) is 0 Å². The Balaban J connectivity index is 1.53. The van der Waals surface area contributed by atoms with Gasteiger partial charge in [0.25, 0.3) is 0 Å². The maximum Gasteiger partial charge on any atom is 0.245 e. The first-order chi connectivity index (χ1) is 18.1. The number of aryl methyl sites for hydroxylation is 1. The molecule has 1 unspecified atom stereocenters. The summed E-state index contributed by atoms with van der Waals surface area (Å²) in [5, 5.41) is 10.2. The van der Waals surface area contributed by atoms with Crippen LogP contribution in [0.25, 0.3) is 10.9 Å². The van der Waals surface area contributed by atoms with E-state index in [9.17, 15) is 18.4 Å². The van der Waals surface area contributed by atoms with Crippen LogP contribution in [0.1, 0.15) is 50.8 Å². The van der Waals surface area contributed by atoms with Gasteiger partial charge in [0.15, 0.2) is 9.84 Å². The molecule has 1 atom stereocenters. The van der Waals surface area contributed by atoms with Gasteiger partial charge >= 0.3 is 0 Å². The lowest BCUT2D eigenvalue weighted by molar-refractivity contribution is -0.132. The van der Waals surface area contributed by atoms with Crippen LogP contribution in [0.4, 0.5) is 0 Å². The van der Waals surface area contributed by atoms with E-state index in [1.54, 1.807) is 29.7 Å². The minimum Gasteiger partial charge on any atom is -0.489 e. The third kappa shape index (κ3) is 6.51. The average Bonchev–Trinajstić information content (AvgIpc) is 2.88. The smallest absolute Gasteiger partial charge is 0.245 e. The van der Waals surface area contributed by atoms with Crippen molar-refractivity contribution in [2.24, 2.45) is 5.92 Å². The van der Waals surface area contributed by atoms with E-state index in [1.807, 2.05) is 37.3 Å². The van der Waals surface area contributed by atoms with E-state index in [2.05, 4.69) is 23.7 Å². The Morgan fingerprint density at radius 2 is 1.89 bits per heavy atom. The number of hydroxylamine groups is 1. The fourth-order valence-electron chi connectivity index (χ4n) is 5.49. The van der Waals surface area contributed by atoms with Gasteiger partial charge in [0.1, 0.15) is 12.4 Å². The van der Waals surface area contributed by atoms with E-state index in [4.69, 9.17) is 4.74 Å². The minimum absolute atomic E-state index is 0.0735. The molecular weight excluding hydrogens is 502 g/mol. The molecule has 0 spiro atoms. The summed E-state index contributed by atoms with van der Waals surface area (Å²) >= 11 is 0. The van der Waals surface area contributed by atoms with Crippen molar-refractivity contribution >= 4 is 26.6 Å². The molecule has 1 aromatic heterocycles. The number of pyridine rings is 1. The number of nitrogens with one attached hydrogen (secondary N) is 1. The minimum atomic E-state index is -3.73. The first-order valence-electron chi connectivity index (χ1n) is 13.1. The Kier molecular flexibility index (Phi) is 8.70. The van der Waals surface area contributed by atoms with Crippen molar-refractivity contribution in [3.05, 3.63) is 65.9 Å². The van der Waals surface area contributed by atoms with E-state index in [1.165, 1.54) is 0 Å². The molecule has 0 bridgehead atoms. The van der Waals surface area contributed by atoms with Crippen LogP contribution < -0.4 is 10.2 Å². The normalized spacial score (nSPS) is 18.6. The lowest BCUT2D eigenvalue weighted by atomic mass is 9.84. The number of hydrogen-bond acceptors (Lipinski definition) is 7. The van der Waals surface area contributed by atoms with Crippen molar-refractivity contribution in [3.8, 4) is 5.75 Å². The maximum atomic E-state index is 13.6. The molecule has 2 aromatic carbocycles. The Bertz CT molecular complexity index is 1370. The predicted octanol–water partition coefficient (Wildman–Crippen LogP) is 4.67. The summed E-state index contributed by atoms with van der Waals surface area (Å²) in [4.78, 5) is 19.2. The maximum absolute atomic E-state index is 13.6. The van der Waals surface area contributed by atoms with Crippen LogP contribution in [0.15, 0.2) is 59.5 Å². The van der Waals surface area contributed by atoms with Crippen LogP contribution >= 0.6 is 0 Å². The first kappa shape index (κ1) is 28.0. The van der Waals surface area contributed by atoms with E-state index in [0.29, 0.717) is 31.2 Å². The molecular formula is C29H37N3O5S. The van der Waals surface area contributed by atoms with Crippen molar-refractivity contribution < 1.29 is 23.2 Å². The topological polar surface area (TPSA) is 109 Å². The van der Waals surface area contributed by atoms with Crippen molar-refractivity contribution in [2.45, 2.75) is 63.5 Å². The molecule has 1 aliphatic rings. The second kappa shape index (κ2) is 11.8. The molecule has 8 nitrogen and oxygen atoms in total. The van der Waals surface area contributed by atoms with Gasteiger partial charge in [0.2, 0.25) is 5.91 Å². The highest BCUT2D eigenvalue weighted by Gasteiger charge is 2.44. The zero-order chi connectivity index (χ0) is 27.3. The molecule has 0 radical (unpaired) electrons. The summed E-state index contributed by atoms with van der Waals surface area (Å²) in [6, 6.07) is 16.4. The summed E-state index contributed by atoms with van der Waals surface area (Å²) < 4.78 is 33.2. The van der Waals surface area contributed by atoms with Gasteiger partial charge in [-0.05, 0) is 68.6 Å². The van der Waals surface area contributed by atoms with Gasteiger partial charge in [0, 0.05) is 35.1 Å². The number of hydrogen-bond donors (Lipinski definition) is 2. The number of benzene rings is 2. The Labute approximate surface area is 224 Å². The molecule has 1 saturated heterocycles. The highest BCUT2D eigenvalue weighted by Crippen LogP contribution is 2.35. The molecule has 0 aliphatic carbocycles. The molecule has 9 heteroatoms. The number of piperidine rings is 1. The highest BCUT2D eigenvalue weighted by molar-refractivity contribution is 7.91. The van der Waals surface area contributed by atoms with Gasteiger partial charge < -0.3 is 4.74 Å². The molecule has 1 aliphatic heterocycles. The zero-order valence-electron chi connectivity index (χ0n) is 22.3. The van der Waals surface area contributed by atoms with E-state index in [0.717, 1.165) is 41.5 Å². The molecule has 3 aromatic rings. The van der Waals surface area contributed by atoms with Crippen molar-refractivity contribution in [3.63, 3.8) is 0 Å². The quantitative estimate of drug-likeness (QED) is 0.285. The van der Waals surface area contributed by atoms with Crippen LogP contribution in [-0.4, -0.2) is 53.8 Å². The molecule has 0 saturated carbocycles. The fourth-order valence-corrected chi connectivity index (χ4v) is 7.34. The number of rotatable bonds is 10. The van der Waals surface area contributed by atoms with Crippen LogP contribution in [0.2, 0.25) is 0 Å². The monoisotopic (exact) mass is 539 g/mol. The first-order valence-corrected chi connectivity index (χ1v) is 14.8. The largest absolute Gasteiger partial charge is 0.489 e. The number of amides is 1. The SMILES string of the molecule is Cc1cc(COc2ccc(S(=O)(=O)CC3(CC(=O)NO)CCCCN3CC(C)C)cc2)c2ccccc2n1. The number of carbonyl (C=O) groups excluding carboxylic acids is 1. The van der Waals surface area contributed by atoms with Crippen LogP contribution in [0.3, 0.4) is 0 Å². The number of para-hydroxylation sites is 1. The van der Waals surface area contributed by atoms with Gasteiger partial charge in [-0.15, -0.1) is 0 Å². The second-order valence-electron chi connectivity index (χ2n) is 10.7. The van der Waals surface area contributed by atoms with Crippen molar-refractivity contribution in [1.29, 1.82) is 0 Å². The van der Waals surface area contributed by atoms with Crippen molar-refractivity contribution in [1.82, 2.24) is 15.4 Å². The summed E-state index contributed by atoms with van der Waals surface area (Å²) in [6.07, 6.45) is 2.29. The third-order valence-corrected chi connectivity index (χ3v) is 9.06. The van der Waals surface area contributed by atoms with Gasteiger partial charge in [0.05, 0.1) is 16.2 Å². The Morgan fingerprint density at radius 3 is 2.61 bits per heavy atom. The summed E-state index contributed by atoms with van der Waals surface area (Å²) in [5.41, 5.74) is 3.66. The van der Waals surface area contributed by atoms with Crippen LogP contribution in [0.5, 0.6) is 5.75 Å². The molecule has 204 valence electrons. The molecule has 38 heavy (non-hydrogen) atoms. The standard InChI is InChI=1S/C29H37N3O5S/c1-21(2)18-32-15-7-6-14-29(32,17-28(33)31-34)20-38(35,36)25-12-10-24(11-13-25)37-19-23-16-22(3)30-27-9-5-4-8-26(23)27/h4-5,8-13,16,21,34H,6-7,14-15,17-20H2,1-3H3,(H,31,33). The highest BCUT2D eigenvalue weighted by atomic mass is 32.2. The number of nitrogens with zero attached hydrogens (tertiary/aromatic N) is 2. The second-order valence-corrected chi connectivity index (χ2v) is 12.7. The predicted molar refractivity (Wildman–Crippen MR) is 147 cm³/mol. The number of ether oxygens (including phenoxy) is 1. The lowest BCUT2D eigenvalue weighted by Crippen LogP contribution is -2.58. The fraction of sp³-hybridized carbons (Fsp3) is 0.448. The van der Waals surface area contributed by atoms with E-state index < -0.39 is 21.3 Å². The molecule has 1 amide bonds. The third-order valence-electron chi connectivity index (χ3n) is 7.16. The number of sulfone groups is 1. The molecule has 2 heterocycles. The molecule has 2 N–H and O–H groups in total. The van der Waals surface area contributed by atoms with Crippen LogP contribution in [-0.2, 0) is 21.2 Å². The summed E-state index contributed by atoms with van der Waals surface area (Å²) in [6.45, 7) is 7.84. The number of aromatic nitrogens is 1. The Hall–Kier alpha value is -3.01. The van der Waals surface area contributed by atoms with Gasteiger partial charge in [-0.1, -0.05) is 38.5 Å². The van der Waals surface area contributed by atoms with Crippen molar-refractivity contribution in [2.75, 3.05) is 18.8 Å².